The zero-order valence-electron chi connectivity index (χ0n) is 26.3. The van der Waals surface area contributed by atoms with E-state index in [1.165, 1.54) is 99.4 Å². The van der Waals surface area contributed by atoms with Gasteiger partial charge in [0.2, 0.25) is 0 Å². The van der Waals surface area contributed by atoms with Crippen LogP contribution in [0, 0.1) is 19.0 Å². The number of hydrogen-bond donors (Lipinski definition) is 1. The first kappa shape index (κ1) is 32.8. The van der Waals surface area contributed by atoms with Gasteiger partial charge in [-0.15, -0.1) is 17.7 Å². The van der Waals surface area contributed by atoms with Gasteiger partial charge in [-0.2, -0.15) is 11.3 Å². The largest absolute Gasteiger partial charge is 0.512 e. The fraction of sp³-hybridized carbons (Fsp3) is 0.282. The van der Waals surface area contributed by atoms with Crippen LogP contribution in [0.2, 0.25) is 0 Å². The average molecular weight is 792 g/mol. The first-order chi connectivity index (χ1) is 21.2. The summed E-state index contributed by atoms with van der Waals surface area (Å²) in [5.74, 6) is 1.09. The van der Waals surface area contributed by atoms with Gasteiger partial charge >= 0.3 is 0 Å². The fourth-order valence-electron chi connectivity index (χ4n) is 6.71. The van der Waals surface area contributed by atoms with Crippen molar-refractivity contribution in [3.05, 3.63) is 103 Å². The van der Waals surface area contributed by atoms with Gasteiger partial charge in [0, 0.05) is 44.8 Å². The monoisotopic (exact) mass is 792 g/mol. The second-order valence-corrected chi connectivity index (χ2v) is 13.4. The third-order valence-corrected chi connectivity index (χ3v) is 9.64. The number of pyridine rings is 2. The van der Waals surface area contributed by atoms with E-state index >= 15 is 0 Å². The average Bonchev–Trinajstić information content (AvgIpc) is 3.65. The van der Waals surface area contributed by atoms with Crippen molar-refractivity contribution in [2.24, 2.45) is 5.92 Å². The third-order valence-electron chi connectivity index (χ3n) is 8.50. The number of carbonyl (C=O) groups excluding carboxylic acids is 1. The van der Waals surface area contributed by atoms with Crippen molar-refractivity contribution in [2.75, 3.05) is 0 Å². The van der Waals surface area contributed by atoms with Gasteiger partial charge in [0.25, 0.3) is 0 Å². The molecule has 6 heteroatoms. The zero-order chi connectivity index (χ0) is 31.0. The van der Waals surface area contributed by atoms with E-state index < -0.39 is 0 Å². The number of ketones is 1. The maximum Gasteiger partial charge on any atom is 0.155 e. The van der Waals surface area contributed by atoms with E-state index in [9.17, 15) is 4.79 Å². The molecule has 3 aromatic carbocycles. The third kappa shape index (κ3) is 6.70. The van der Waals surface area contributed by atoms with Crippen molar-refractivity contribution >= 4 is 59.1 Å². The Hall–Kier alpha value is -3.57. The maximum absolute atomic E-state index is 10.0. The number of fused-ring (bicyclic) bond motifs is 6. The van der Waals surface area contributed by atoms with Crippen molar-refractivity contribution in [1.82, 2.24) is 4.98 Å². The number of aromatic nitrogens is 2. The molecule has 3 aromatic heterocycles. The Balaban J connectivity index is 0.000000452. The van der Waals surface area contributed by atoms with E-state index in [2.05, 4.69) is 86.1 Å². The van der Waals surface area contributed by atoms with Crippen LogP contribution >= 0.6 is 11.3 Å². The minimum Gasteiger partial charge on any atom is -0.512 e. The summed E-state index contributed by atoms with van der Waals surface area (Å²) in [5, 5.41) is 14.9. The number of carbonyl (C=O) groups is 1. The van der Waals surface area contributed by atoms with Crippen LogP contribution in [0.4, 0.5) is 0 Å². The fourth-order valence-corrected chi connectivity index (χ4v) is 7.84. The summed E-state index contributed by atoms with van der Waals surface area (Å²) in [6, 6.07) is 26.3. The Morgan fingerprint density at radius 1 is 1.07 bits per heavy atom. The first-order valence-corrected chi connectivity index (χ1v) is 16.3. The smallest absolute Gasteiger partial charge is 0.155 e. The second kappa shape index (κ2) is 13.8. The topological polar surface area (TPSA) is 54.1 Å². The van der Waals surface area contributed by atoms with Gasteiger partial charge in [0.05, 0.1) is 5.76 Å². The molecule has 1 N–H and O–H groups in total. The minimum absolute atomic E-state index is 0. The van der Waals surface area contributed by atoms with Crippen molar-refractivity contribution in [2.45, 2.75) is 65.7 Å². The predicted octanol–water partition coefficient (Wildman–Crippen LogP) is 10.0. The molecule has 3 heterocycles. The van der Waals surface area contributed by atoms with Crippen LogP contribution in [-0.4, -0.2) is 15.9 Å². The van der Waals surface area contributed by atoms with Gasteiger partial charge in [0.1, 0.15) is 16.0 Å². The number of aliphatic hydroxyl groups is 1. The predicted molar refractivity (Wildman–Crippen MR) is 184 cm³/mol. The van der Waals surface area contributed by atoms with Crippen LogP contribution in [0.15, 0.2) is 78.7 Å². The van der Waals surface area contributed by atoms with Crippen LogP contribution in [0.3, 0.4) is 0 Å². The molecule has 45 heavy (non-hydrogen) atoms. The summed E-state index contributed by atoms with van der Waals surface area (Å²) < 4.78 is 3.43. The quantitative estimate of drug-likeness (QED) is 0.0622. The molecular weight excluding hydrogens is 753 g/mol. The van der Waals surface area contributed by atoms with Crippen LogP contribution in [0.1, 0.15) is 70.4 Å². The Kier molecular flexibility index (Phi) is 10.1. The summed E-state index contributed by atoms with van der Waals surface area (Å²) in [6.07, 6.45) is 9.22. The van der Waals surface area contributed by atoms with Gasteiger partial charge in [-0.1, -0.05) is 74.0 Å². The van der Waals surface area contributed by atoms with E-state index in [0.717, 1.165) is 16.9 Å². The normalized spacial score (nSPS) is 13.8. The number of nitrogens with zero attached hydrogens (tertiary/aromatic N) is 2. The van der Waals surface area contributed by atoms with Crippen LogP contribution in [0.25, 0.3) is 53.2 Å². The number of thiophene rings is 1. The molecule has 7 rings (SSSR count). The molecule has 6 aromatic rings. The number of aliphatic hydroxyl groups excluding tert-OH is 1. The number of hydrogen-bond acceptors (Lipinski definition) is 4. The maximum atomic E-state index is 10.0. The molecule has 1 saturated carbocycles. The van der Waals surface area contributed by atoms with Gasteiger partial charge in [0.15, 0.2) is 5.78 Å². The van der Waals surface area contributed by atoms with Gasteiger partial charge < -0.3 is 9.67 Å². The Labute approximate surface area is 283 Å². The molecule has 1 aliphatic carbocycles. The van der Waals surface area contributed by atoms with Crippen LogP contribution < -0.4 is 4.57 Å². The van der Waals surface area contributed by atoms with E-state index in [4.69, 9.17) is 10.1 Å². The molecule has 0 atom stereocenters. The Morgan fingerprint density at radius 3 is 2.49 bits per heavy atom. The molecule has 4 nitrogen and oxygen atoms in total. The van der Waals surface area contributed by atoms with Crippen LogP contribution in [-0.2, 0) is 31.3 Å². The molecule has 233 valence electrons. The SMILES string of the molecule is CC(=O)/C=C(/C)O.[CH2-][n+]1c(-c2[c-]c(CC(C)C)cc3c2sc2ncccc23)cc(C2CCCC2)c2c3ccccc3ccc21.[Ir]. The molecule has 0 amide bonds. The molecular formula is C39H39IrN2O2S-. The van der Waals surface area contributed by atoms with E-state index in [1.54, 1.807) is 11.3 Å². The van der Waals surface area contributed by atoms with E-state index in [1.807, 2.05) is 12.3 Å². The Morgan fingerprint density at radius 2 is 1.80 bits per heavy atom. The summed E-state index contributed by atoms with van der Waals surface area (Å²) >= 11 is 1.78. The van der Waals surface area contributed by atoms with Crippen molar-refractivity contribution in [3.8, 4) is 11.3 Å². The minimum atomic E-state index is -0.125. The summed E-state index contributed by atoms with van der Waals surface area (Å²) in [4.78, 5) is 15.8. The van der Waals surface area contributed by atoms with Gasteiger partial charge in [-0.25, -0.2) is 4.98 Å². The molecule has 0 unspecified atom stereocenters. The summed E-state index contributed by atoms with van der Waals surface area (Å²) in [5.41, 5.74) is 6.27. The second-order valence-electron chi connectivity index (χ2n) is 12.4. The standard InChI is InChI=1S/C34H31N2S.C5H8O2.Ir/c1-21(2)17-22-18-28-26-13-8-16-35-34(26)37-33(28)29(19-22)31-20-27(23-9-4-5-10-23)32-25-12-7-6-11-24(25)14-15-30(32)36(31)3;1-4(6)3-5(2)7;/h6-8,11-16,18,20-21,23H,3-5,9-10,17H2,1-2H3;3,6H,1-2H3;/q-1;;/b;4-3-;. The zero-order valence-corrected chi connectivity index (χ0v) is 29.5. The first-order valence-electron chi connectivity index (χ1n) is 15.5. The summed E-state index contributed by atoms with van der Waals surface area (Å²) in [7, 11) is 4.64. The van der Waals surface area contributed by atoms with Crippen molar-refractivity contribution < 1.29 is 34.6 Å². The molecule has 0 saturated heterocycles. The molecule has 0 aliphatic heterocycles. The van der Waals surface area contributed by atoms with Gasteiger partial charge in [-0.05, 0) is 89.6 Å². The molecule has 0 bridgehead atoms. The number of rotatable bonds is 5. The molecule has 0 spiro atoms. The molecule has 1 radical (unpaired) electrons. The van der Waals surface area contributed by atoms with Crippen molar-refractivity contribution in [1.29, 1.82) is 0 Å². The number of allylic oxidation sites excluding steroid dienone is 2. The molecule has 1 aliphatic rings. The van der Waals surface area contributed by atoms with Crippen molar-refractivity contribution in [3.63, 3.8) is 0 Å². The summed E-state index contributed by atoms with van der Waals surface area (Å²) in [6.45, 7) is 7.42. The van der Waals surface area contributed by atoms with Crippen LogP contribution in [0.5, 0.6) is 0 Å². The molecule has 1 fully saturated rings. The van der Waals surface area contributed by atoms with E-state index in [0.29, 0.717) is 11.8 Å². The number of benzene rings is 3. The Bertz CT molecular complexity index is 2050. The van der Waals surface area contributed by atoms with Gasteiger partial charge in [-0.3, -0.25) is 4.79 Å². The van der Waals surface area contributed by atoms with E-state index in [-0.39, 0.29) is 31.6 Å².